The van der Waals surface area contributed by atoms with Crippen LogP contribution < -0.4 is 0 Å². The highest BCUT2D eigenvalue weighted by Gasteiger charge is 2.50. The number of fused-ring (bicyclic) bond motifs is 1. The standard InChI is InChI=1S/C15H15FO3/c1-10(2)9-19-14(18)15(16)8-7-11-5-3-4-6-12(11)13(15)17/h3-6H,1,7-9H2,2H3. The average Bonchev–Trinajstić information content (AvgIpc) is 2.40. The molecule has 1 aliphatic rings. The number of carbonyl (C=O) groups excluding carboxylic acids is 2. The molecular weight excluding hydrogens is 247 g/mol. The van der Waals surface area contributed by atoms with E-state index in [0.29, 0.717) is 12.0 Å². The molecule has 0 amide bonds. The Morgan fingerprint density at radius 2 is 2.16 bits per heavy atom. The van der Waals surface area contributed by atoms with Crippen LogP contribution in [0.2, 0.25) is 0 Å². The molecule has 0 heterocycles. The molecule has 1 aromatic carbocycles. The third-order valence-electron chi connectivity index (χ3n) is 3.13. The highest BCUT2D eigenvalue weighted by Crippen LogP contribution is 2.32. The summed E-state index contributed by atoms with van der Waals surface area (Å²) in [6, 6.07) is 6.75. The van der Waals surface area contributed by atoms with Gasteiger partial charge in [0.1, 0.15) is 6.61 Å². The second-order valence-corrected chi connectivity index (χ2v) is 4.82. The summed E-state index contributed by atoms with van der Waals surface area (Å²) < 4.78 is 19.4. The zero-order valence-electron chi connectivity index (χ0n) is 10.7. The van der Waals surface area contributed by atoms with Crippen molar-refractivity contribution in [2.45, 2.75) is 25.4 Å². The van der Waals surface area contributed by atoms with Gasteiger partial charge in [-0.1, -0.05) is 30.8 Å². The molecule has 0 saturated carbocycles. The lowest BCUT2D eigenvalue weighted by molar-refractivity contribution is -0.153. The Morgan fingerprint density at radius 1 is 1.47 bits per heavy atom. The van der Waals surface area contributed by atoms with Gasteiger partial charge in [0.05, 0.1) is 0 Å². The van der Waals surface area contributed by atoms with E-state index in [1.54, 1.807) is 25.1 Å². The second kappa shape index (κ2) is 4.96. The van der Waals surface area contributed by atoms with Crippen molar-refractivity contribution in [3.05, 3.63) is 47.5 Å². The maximum atomic E-state index is 14.6. The predicted octanol–water partition coefficient (Wildman–Crippen LogP) is 2.64. The van der Waals surface area contributed by atoms with E-state index in [-0.39, 0.29) is 18.6 Å². The topological polar surface area (TPSA) is 43.4 Å². The highest BCUT2D eigenvalue weighted by molar-refractivity contribution is 6.16. The number of hydrogen-bond donors (Lipinski definition) is 0. The molecule has 0 aliphatic heterocycles. The number of benzene rings is 1. The molecule has 0 radical (unpaired) electrons. The number of rotatable bonds is 3. The molecule has 0 spiro atoms. The number of esters is 1. The average molecular weight is 262 g/mol. The molecule has 19 heavy (non-hydrogen) atoms. The molecular formula is C15H15FO3. The van der Waals surface area contributed by atoms with Crippen LogP contribution in [0.25, 0.3) is 0 Å². The highest BCUT2D eigenvalue weighted by atomic mass is 19.1. The van der Waals surface area contributed by atoms with Crippen molar-refractivity contribution in [1.82, 2.24) is 0 Å². The summed E-state index contributed by atoms with van der Waals surface area (Å²) in [6.07, 6.45) is 0.179. The summed E-state index contributed by atoms with van der Waals surface area (Å²) in [5, 5.41) is 0. The fraction of sp³-hybridized carbons (Fsp3) is 0.333. The number of ketones is 1. The molecule has 3 nitrogen and oxygen atoms in total. The smallest absolute Gasteiger partial charge is 0.352 e. The van der Waals surface area contributed by atoms with Gasteiger partial charge in [-0.2, -0.15) is 0 Å². The van der Waals surface area contributed by atoms with E-state index in [1.165, 1.54) is 6.07 Å². The Labute approximate surface area is 111 Å². The Bertz CT molecular complexity index is 550. The monoisotopic (exact) mass is 262 g/mol. The van der Waals surface area contributed by atoms with Gasteiger partial charge in [-0.3, -0.25) is 4.79 Å². The van der Waals surface area contributed by atoms with Crippen molar-refractivity contribution >= 4 is 11.8 Å². The zero-order chi connectivity index (χ0) is 14.0. The first-order valence-corrected chi connectivity index (χ1v) is 6.08. The first kappa shape index (κ1) is 13.5. The van der Waals surface area contributed by atoms with E-state index in [1.807, 2.05) is 0 Å². The molecule has 0 bridgehead atoms. The molecule has 4 heteroatoms. The minimum atomic E-state index is -2.57. The molecule has 1 aromatic rings. The van der Waals surface area contributed by atoms with Crippen LogP contribution in [0.1, 0.15) is 29.3 Å². The minimum absolute atomic E-state index is 0.0700. The number of hydrogen-bond acceptors (Lipinski definition) is 3. The van der Waals surface area contributed by atoms with E-state index >= 15 is 0 Å². The molecule has 0 aromatic heterocycles. The minimum Gasteiger partial charge on any atom is -0.458 e. The van der Waals surface area contributed by atoms with E-state index < -0.39 is 17.4 Å². The van der Waals surface area contributed by atoms with Crippen LogP contribution in [0.5, 0.6) is 0 Å². The quantitative estimate of drug-likeness (QED) is 0.478. The Balaban J connectivity index is 2.24. The number of carbonyl (C=O) groups is 2. The van der Waals surface area contributed by atoms with Crippen LogP contribution >= 0.6 is 0 Å². The lowest BCUT2D eigenvalue weighted by Gasteiger charge is -2.27. The van der Waals surface area contributed by atoms with Crippen molar-refractivity contribution in [2.75, 3.05) is 6.61 Å². The van der Waals surface area contributed by atoms with Gasteiger partial charge in [0.2, 0.25) is 5.78 Å². The maximum absolute atomic E-state index is 14.6. The number of ether oxygens (including phenoxy) is 1. The predicted molar refractivity (Wildman–Crippen MR) is 68.7 cm³/mol. The normalized spacial score (nSPS) is 21.7. The SMILES string of the molecule is C=C(C)COC(=O)C1(F)CCc2ccccc2C1=O. The van der Waals surface area contributed by atoms with Gasteiger partial charge in [-0.15, -0.1) is 0 Å². The fourth-order valence-corrected chi connectivity index (χ4v) is 2.09. The summed E-state index contributed by atoms with van der Waals surface area (Å²) >= 11 is 0. The second-order valence-electron chi connectivity index (χ2n) is 4.82. The third-order valence-corrected chi connectivity index (χ3v) is 3.13. The van der Waals surface area contributed by atoms with Crippen LogP contribution in [-0.4, -0.2) is 24.0 Å². The van der Waals surface area contributed by atoms with Crippen LogP contribution in [0.15, 0.2) is 36.4 Å². The maximum Gasteiger partial charge on any atom is 0.352 e. The van der Waals surface area contributed by atoms with E-state index in [2.05, 4.69) is 6.58 Å². The number of aryl methyl sites for hydroxylation is 1. The van der Waals surface area contributed by atoms with Crippen molar-refractivity contribution in [2.24, 2.45) is 0 Å². The molecule has 1 unspecified atom stereocenters. The molecule has 1 aliphatic carbocycles. The van der Waals surface area contributed by atoms with Gasteiger partial charge in [0.25, 0.3) is 5.67 Å². The molecule has 0 fully saturated rings. The van der Waals surface area contributed by atoms with E-state index in [0.717, 1.165) is 5.56 Å². The van der Waals surface area contributed by atoms with Crippen LogP contribution in [0.3, 0.4) is 0 Å². The zero-order valence-corrected chi connectivity index (χ0v) is 10.7. The fourth-order valence-electron chi connectivity index (χ4n) is 2.09. The summed E-state index contributed by atoms with van der Waals surface area (Å²) in [6.45, 7) is 5.16. The first-order chi connectivity index (χ1) is 8.95. The lowest BCUT2D eigenvalue weighted by atomic mass is 9.80. The van der Waals surface area contributed by atoms with Gasteiger partial charge < -0.3 is 4.74 Å². The molecule has 1 atom stereocenters. The van der Waals surface area contributed by atoms with Gasteiger partial charge in [0.15, 0.2) is 0 Å². The molecule has 0 saturated heterocycles. The summed E-state index contributed by atoms with van der Waals surface area (Å²) in [5.41, 5.74) is -0.929. The third kappa shape index (κ3) is 2.43. The van der Waals surface area contributed by atoms with Gasteiger partial charge in [0, 0.05) is 12.0 Å². The first-order valence-electron chi connectivity index (χ1n) is 6.08. The Hall–Kier alpha value is -1.97. The lowest BCUT2D eigenvalue weighted by Crippen LogP contribution is -2.47. The van der Waals surface area contributed by atoms with Gasteiger partial charge >= 0.3 is 5.97 Å². The van der Waals surface area contributed by atoms with Crippen LogP contribution in [0.4, 0.5) is 4.39 Å². The number of halogens is 1. The number of alkyl halides is 1. The van der Waals surface area contributed by atoms with Crippen LogP contribution in [-0.2, 0) is 16.0 Å². The van der Waals surface area contributed by atoms with Gasteiger partial charge in [-0.25, -0.2) is 9.18 Å². The molecule has 0 N–H and O–H groups in total. The van der Waals surface area contributed by atoms with Gasteiger partial charge in [-0.05, 0) is 24.5 Å². The Kier molecular flexibility index (Phi) is 3.51. The van der Waals surface area contributed by atoms with Crippen molar-refractivity contribution < 1.29 is 18.7 Å². The van der Waals surface area contributed by atoms with Crippen molar-refractivity contribution in [3.8, 4) is 0 Å². The van der Waals surface area contributed by atoms with Crippen molar-refractivity contribution in [3.63, 3.8) is 0 Å². The van der Waals surface area contributed by atoms with E-state index in [9.17, 15) is 14.0 Å². The van der Waals surface area contributed by atoms with E-state index in [4.69, 9.17) is 4.74 Å². The Morgan fingerprint density at radius 3 is 2.84 bits per heavy atom. The molecule has 100 valence electrons. The largest absolute Gasteiger partial charge is 0.458 e. The number of Topliss-reactive ketones (excluding diaryl/α,β-unsaturated/α-hetero) is 1. The molecule has 2 rings (SSSR count). The van der Waals surface area contributed by atoms with Crippen molar-refractivity contribution in [1.29, 1.82) is 0 Å². The summed E-state index contributed by atoms with van der Waals surface area (Å²) in [5.74, 6) is -1.92. The summed E-state index contributed by atoms with van der Waals surface area (Å²) in [7, 11) is 0. The van der Waals surface area contributed by atoms with Crippen LogP contribution in [0, 0.1) is 0 Å². The summed E-state index contributed by atoms with van der Waals surface area (Å²) in [4.78, 5) is 23.9.